The number of urea groups is 1. The lowest BCUT2D eigenvalue weighted by Gasteiger charge is -2.12. The summed E-state index contributed by atoms with van der Waals surface area (Å²) in [6.45, 7) is 0. The number of thioether (sulfide) groups is 1. The van der Waals surface area contributed by atoms with Gasteiger partial charge in [0, 0.05) is 6.08 Å². The largest absolute Gasteiger partial charge is 0.465 e. The number of carbonyl (C=O) groups excluding carboxylic acids is 2. The number of furan rings is 1. The Hall–Kier alpha value is -1.80. The van der Waals surface area contributed by atoms with E-state index in [1.807, 2.05) is 0 Å². The molecular weight excluding hydrogens is 262 g/mol. The minimum absolute atomic E-state index is 0.214. The highest BCUT2D eigenvalue weighted by atomic mass is 32.2. The van der Waals surface area contributed by atoms with E-state index in [4.69, 9.17) is 22.4 Å². The van der Waals surface area contributed by atoms with Crippen LogP contribution in [0.2, 0.25) is 0 Å². The average molecular weight is 269 g/mol. The van der Waals surface area contributed by atoms with Crippen molar-refractivity contribution < 1.29 is 14.0 Å². The van der Waals surface area contributed by atoms with Crippen molar-refractivity contribution in [1.82, 2.24) is 10.4 Å². The van der Waals surface area contributed by atoms with Crippen LogP contribution >= 0.6 is 24.0 Å². The van der Waals surface area contributed by atoms with Crippen LogP contribution in [-0.2, 0) is 4.79 Å². The topological polar surface area (TPSA) is 88.6 Å². The lowest BCUT2D eigenvalue weighted by Crippen LogP contribution is -2.47. The number of thiocarbonyl (C=S) groups is 1. The number of nitrogens with zero attached hydrogens (tertiary/aromatic N) is 1. The summed E-state index contributed by atoms with van der Waals surface area (Å²) in [7, 11) is 0. The number of amides is 3. The highest BCUT2D eigenvalue weighted by molar-refractivity contribution is 8.26. The number of hydrogen-bond acceptors (Lipinski definition) is 5. The molecule has 0 unspecified atom stereocenters. The summed E-state index contributed by atoms with van der Waals surface area (Å²) in [6, 6.07) is 2.56. The lowest BCUT2D eigenvalue weighted by atomic mass is 10.4. The van der Waals surface area contributed by atoms with E-state index >= 15 is 0 Å². The van der Waals surface area contributed by atoms with Gasteiger partial charge in [-0.3, -0.25) is 4.79 Å². The fourth-order valence-corrected chi connectivity index (χ4v) is 2.34. The molecule has 1 aliphatic heterocycles. The van der Waals surface area contributed by atoms with E-state index in [1.165, 1.54) is 6.26 Å². The second-order valence-electron chi connectivity index (χ2n) is 3.01. The van der Waals surface area contributed by atoms with Gasteiger partial charge in [-0.2, -0.15) is 5.01 Å². The zero-order valence-corrected chi connectivity index (χ0v) is 10.0. The van der Waals surface area contributed by atoms with E-state index in [1.54, 1.807) is 18.2 Å². The number of hydrogen-bond donors (Lipinski definition) is 2. The molecule has 1 aliphatic rings. The van der Waals surface area contributed by atoms with E-state index in [0.29, 0.717) is 10.7 Å². The highest BCUT2D eigenvalue weighted by Crippen LogP contribution is 2.31. The van der Waals surface area contributed by atoms with Crippen molar-refractivity contribution in [3.8, 4) is 0 Å². The van der Waals surface area contributed by atoms with Crippen LogP contribution in [0.25, 0.3) is 6.08 Å². The lowest BCUT2D eigenvalue weighted by molar-refractivity contribution is -0.123. The van der Waals surface area contributed by atoms with E-state index in [-0.39, 0.29) is 4.32 Å². The number of rotatable bonds is 2. The third kappa shape index (κ3) is 2.48. The molecule has 0 saturated carbocycles. The summed E-state index contributed by atoms with van der Waals surface area (Å²) in [5, 5.41) is 0.928. The van der Waals surface area contributed by atoms with Crippen LogP contribution in [0, 0.1) is 0 Å². The standard InChI is InChI=1S/C9H7N3O3S2/c10-8(14)11-12-7(13)6(17-9(12)16)4-5-2-1-3-15-5/h1-4H,(H3,10,11,14)/b6-4-. The van der Waals surface area contributed by atoms with Crippen molar-refractivity contribution in [1.29, 1.82) is 0 Å². The molecule has 1 fully saturated rings. The van der Waals surface area contributed by atoms with E-state index in [9.17, 15) is 9.59 Å². The molecule has 0 bridgehead atoms. The van der Waals surface area contributed by atoms with Gasteiger partial charge in [0.15, 0.2) is 4.32 Å². The van der Waals surface area contributed by atoms with Crippen molar-refractivity contribution in [2.24, 2.45) is 5.73 Å². The fraction of sp³-hybridized carbons (Fsp3) is 0. The summed E-state index contributed by atoms with van der Waals surface area (Å²) < 4.78 is 5.29. The Labute approximate surface area is 106 Å². The zero-order chi connectivity index (χ0) is 12.4. The molecule has 0 spiro atoms. The van der Waals surface area contributed by atoms with Gasteiger partial charge >= 0.3 is 6.03 Å². The summed E-state index contributed by atoms with van der Waals surface area (Å²) in [5.41, 5.74) is 7.07. The fourth-order valence-electron chi connectivity index (χ4n) is 1.18. The Morgan fingerprint density at radius 3 is 3.00 bits per heavy atom. The molecule has 0 aromatic carbocycles. The first-order chi connectivity index (χ1) is 8.08. The van der Waals surface area contributed by atoms with Gasteiger partial charge in [0.05, 0.1) is 11.2 Å². The Kier molecular flexibility index (Phi) is 3.16. The molecule has 17 heavy (non-hydrogen) atoms. The summed E-state index contributed by atoms with van der Waals surface area (Å²) >= 11 is 6.00. The van der Waals surface area contributed by atoms with Gasteiger partial charge in [0.25, 0.3) is 5.91 Å². The summed E-state index contributed by atoms with van der Waals surface area (Å²) in [4.78, 5) is 22.9. The molecule has 1 aromatic rings. The van der Waals surface area contributed by atoms with Crippen LogP contribution in [-0.4, -0.2) is 21.3 Å². The van der Waals surface area contributed by atoms with Crippen molar-refractivity contribution in [3.05, 3.63) is 29.1 Å². The molecule has 0 radical (unpaired) electrons. The number of nitrogens with two attached hydrogens (primary N) is 1. The molecule has 8 heteroatoms. The van der Waals surface area contributed by atoms with Crippen molar-refractivity contribution in [2.45, 2.75) is 0 Å². The third-order valence-electron chi connectivity index (χ3n) is 1.83. The smallest absolute Gasteiger partial charge is 0.331 e. The molecule has 0 aliphatic carbocycles. The molecule has 88 valence electrons. The Morgan fingerprint density at radius 2 is 2.41 bits per heavy atom. The SMILES string of the molecule is NC(=O)NN1C(=O)/C(=C/c2ccco2)SC1=S. The second kappa shape index (κ2) is 4.60. The van der Waals surface area contributed by atoms with Crippen LogP contribution in [0.5, 0.6) is 0 Å². The van der Waals surface area contributed by atoms with Crippen molar-refractivity contribution in [2.75, 3.05) is 0 Å². The summed E-state index contributed by atoms with van der Waals surface area (Å²) in [6.07, 6.45) is 3.04. The van der Waals surface area contributed by atoms with E-state index in [0.717, 1.165) is 16.8 Å². The van der Waals surface area contributed by atoms with Crippen molar-refractivity contribution >= 4 is 46.3 Å². The van der Waals surface area contributed by atoms with Gasteiger partial charge in [0.2, 0.25) is 0 Å². The van der Waals surface area contributed by atoms with E-state index < -0.39 is 11.9 Å². The minimum Gasteiger partial charge on any atom is -0.465 e. The van der Waals surface area contributed by atoms with Crippen LogP contribution < -0.4 is 11.2 Å². The molecule has 2 rings (SSSR count). The molecule has 1 saturated heterocycles. The van der Waals surface area contributed by atoms with Gasteiger partial charge in [-0.1, -0.05) is 11.8 Å². The zero-order valence-electron chi connectivity index (χ0n) is 8.38. The quantitative estimate of drug-likeness (QED) is 0.619. The number of carbonyl (C=O) groups is 2. The first kappa shape index (κ1) is 11.7. The molecule has 2 heterocycles. The van der Waals surface area contributed by atoms with Crippen LogP contribution in [0.3, 0.4) is 0 Å². The first-order valence-electron chi connectivity index (χ1n) is 4.45. The molecule has 3 amide bonds. The number of hydrazine groups is 1. The normalized spacial score (nSPS) is 17.9. The predicted molar refractivity (Wildman–Crippen MR) is 66.4 cm³/mol. The average Bonchev–Trinajstić information content (AvgIpc) is 2.83. The predicted octanol–water partition coefficient (Wildman–Crippen LogP) is 1.06. The Balaban J connectivity index is 2.21. The van der Waals surface area contributed by atoms with Crippen LogP contribution in [0.1, 0.15) is 5.76 Å². The number of primary amides is 1. The van der Waals surface area contributed by atoms with Gasteiger partial charge in [-0.05, 0) is 24.4 Å². The highest BCUT2D eigenvalue weighted by Gasteiger charge is 2.33. The maximum Gasteiger partial charge on any atom is 0.331 e. The monoisotopic (exact) mass is 269 g/mol. The second-order valence-corrected chi connectivity index (χ2v) is 4.68. The first-order valence-corrected chi connectivity index (χ1v) is 5.68. The van der Waals surface area contributed by atoms with Gasteiger partial charge in [-0.15, -0.1) is 0 Å². The Bertz CT molecular complexity index is 510. The maximum atomic E-state index is 11.8. The van der Waals surface area contributed by atoms with Crippen LogP contribution in [0.4, 0.5) is 4.79 Å². The van der Waals surface area contributed by atoms with Gasteiger partial charge in [-0.25, -0.2) is 10.2 Å². The molecular formula is C9H7N3O3S2. The summed E-state index contributed by atoms with van der Waals surface area (Å²) in [5.74, 6) is 0.0970. The Morgan fingerprint density at radius 1 is 1.65 bits per heavy atom. The number of nitrogens with one attached hydrogen (secondary N) is 1. The van der Waals surface area contributed by atoms with Crippen molar-refractivity contribution in [3.63, 3.8) is 0 Å². The van der Waals surface area contributed by atoms with Gasteiger partial charge < -0.3 is 10.2 Å². The van der Waals surface area contributed by atoms with E-state index in [2.05, 4.69) is 5.43 Å². The molecule has 0 atom stereocenters. The molecule has 3 N–H and O–H groups in total. The minimum atomic E-state index is -0.847. The third-order valence-corrected chi connectivity index (χ3v) is 3.13. The maximum absolute atomic E-state index is 11.8. The molecule has 6 nitrogen and oxygen atoms in total. The van der Waals surface area contributed by atoms with Crippen LogP contribution in [0.15, 0.2) is 27.7 Å². The van der Waals surface area contributed by atoms with Gasteiger partial charge in [0.1, 0.15) is 5.76 Å². The molecule has 1 aromatic heterocycles.